The Morgan fingerprint density at radius 3 is 2.89 bits per heavy atom. The van der Waals surface area contributed by atoms with E-state index in [1.165, 1.54) is 0 Å². The SMILES string of the molecule is O=C([O-])C1=CCCCO1. The first-order valence-electron chi connectivity index (χ1n) is 2.85. The summed E-state index contributed by atoms with van der Waals surface area (Å²) in [7, 11) is 0. The Kier molecular flexibility index (Phi) is 1.72. The van der Waals surface area contributed by atoms with Crippen molar-refractivity contribution in [1.82, 2.24) is 0 Å². The van der Waals surface area contributed by atoms with Gasteiger partial charge in [0, 0.05) is 0 Å². The lowest BCUT2D eigenvalue weighted by Gasteiger charge is -2.14. The van der Waals surface area contributed by atoms with Crippen LogP contribution in [0.15, 0.2) is 11.8 Å². The normalized spacial score (nSPS) is 18.0. The number of carboxylic acids is 1. The topological polar surface area (TPSA) is 49.4 Å². The van der Waals surface area contributed by atoms with E-state index in [1.807, 2.05) is 0 Å². The molecule has 3 nitrogen and oxygen atoms in total. The van der Waals surface area contributed by atoms with Crippen LogP contribution >= 0.6 is 0 Å². The number of hydrogen-bond donors (Lipinski definition) is 0. The smallest absolute Gasteiger partial charge is 0.137 e. The summed E-state index contributed by atoms with van der Waals surface area (Å²) >= 11 is 0. The number of carbonyl (C=O) groups is 1. The summed E-state index contributed by atoms with van der Waals surface area (Å²) in [6.45, 7) is 0.500. The highest BCUT2D eigenvalue weighted by Gasteiger charge is 2.02. The third-order valence-electron chi connectivity index (χ3n) is 1.14. The fourth-order valence-electron chi connectivity index (χ4n) is 0.700. The second kappa shape index (κ2) is 2.53. The summed E-state index contributed by atoms with van der Waals surface area (Å²) in [6.07, 6.45) is 3.22. The molecule has 50 valence electrons. The molecule has 3 heteroatoms. The molecular weight excluding hydrogens is 120 g/mol. The van der Waals surface area contributed by atoms with E-state index in [1.54, 1.807) is 6.08 Å². The van der Waals surface area contributed by atoms with Gasteiger partial charge in [-0.15, -0.1) is 0 Å². The number of allylic oxidation sites excluding steroid dienone is 1. The van der Waals surface area contributed by atoms with E-state index in [0.29, 0.717) is 6.61 Å². The van der Waals surface area contributed by atoms with Gasteiger partial charge >= 0.3 is 0 Å². The molecule has 0 radical (unpaired) electrons. The highest BCUT2D eigenvalue weighted by molar-refractivity contribution is 5.82. The molecule has 0 atom stereocenters. The molecule has 0 bridgehead atoms. The third-order valence-corrected chi connectivity index (χ3v) is 1.14. The molecule has 0 N–H and O–H groups in total. The Bertz CT molecular complexity index is 148. The zero-order valence-corrected chi connectivity index (χ0v) is 4.92. The first-order chi connectivity index (χ1) is 4.30. The minimum absolute atomic E-state index is 0.0127. The Balaban J connectivity index is 2.57. The quantitative estimate of drug-likeness (QED) is 0.474. The maximum absolute atomic E-state index is 10.0. The molecule has 0 unspecified atom stereocenters. The van der Waals surface area contributed by atoms with Crippen molar-refractivity contribution in [3.8, 4) is 0 Å². The molecule has 0 aromatic heterocycles. The molecule has 1 heterocycles. The fraction of sp³-hybridized carbons (Fsp3) is 0.500. The van der Waals surface area contributed by atoms with Gasteiger partial charge in [-0.05, 0) is 18.9 Å². The van der Waals surface area contributed by atoms with E-state index < -0.39 is 5.97 Å². The summed E-state index contributed by atoms with van der Waals surface area (Å²) < 4.78 is 4.74. The van der Waals surface area contributed by atoms with Crippen molar-refractivity contribution in [1.29, 1.82) is 0 Å². The van der Waals surface area contributed by atoms with Crippen LogP contribution in [0.3, 0.4) is 0 Å². The van der Waals surface area contributed by atoms with Gasteiger partial charge in [0.2, 0.25) is 0 Å². The van der Waals surface area contributed by atoms with Crippen LogP contribution in [0.4, 0.5) is 0 Å². The van der Waals surface area contributed by atoms with Gasteiger partial charge in [-0.1, -0.05) is 0 Å². The zero-order valence-electron chi connectivity index (χ0n) is 4.92. The van der Waals surface area contributed by atoms with Gasteiger partial charge in [0.25, 0.3) is 0 Å². The molecule has 0 saturated carbocycles. The van der Waals surface area contributed by atoms with Crippen molar-refractivity contribution >= 4 is 5.97 Å². The van der Waals surface area contributed by atoms with Crippen LogP contribution in [0.5, 0.6) is 0 Å². The first kappa shape index (κ1) is 6.13. The number of rotatable bonds is 1. The summed E-state index contributed by atoms with van der Waals surface area (Å²) in [6, 6.07) is 0. The number of ether oxygens (including phenoxy) is 1. The molecule has 0 spiro atoms. The standard InChI is InChI=1S/C6H8O3/c7-6(8)5-3-1-2-4-9-5/h3H,1-2,4H2,(H,7,8)/p-1. The molecule has 0 aromatic rings. The molecule has 0 fully saturated rings. The zero-order chi connectivity index (χ0) is 6.69. The lowest BCUT2D eigenvalue weighted by atomic mass is 10.2. The van der Waals surface area contributed by atoms with E-state index >= 15 is 0 Å². The van der Waals surface area contributed by atoms with Crippen LogP contribution in [0.1, 0.15) is 12.8 Å². The number of hydrogen-bond acceptors (Lipinski definition) is 3. The van der Waals surface area contributed by atoms with Crippen molar-refractivity contribution in [3.63, 3.8) is 0 Å². The van der Waals surface area contributed by atoms with Gasteiger partial charge in [0.05, 0.1) is 6.61 Å². The molecule has 1 aliphatic rings. The largest absolute Gasteiger partial charge is 0.542 e. The van der Waals surface area contributed by atoms with Crippen LogP contribution in [-0.4, -0.2) is 12.6 Å². The maximum Gasteiger partial charge on any atom is 0.137 e. The fourth-order valence-corrected chi connectivity index (χ4v) is 0.700. The first-order valence-corrected chi connectivity index (χ1v) is 2.85. The summed E-state index contributed by atoms with van der Waals surface area (Å²) in [5, 5.41) is 10.0. The van der Waals surface area contributed by atoms with Gasteiger partial charge in [0.15, 0.2) is 0 Å². The minimum Gasteiger partial charge on any atom is -0.542 e. The molecular formula is C6H7O3-. The second-order valence-electron chi connectivity index (χ2n) is 1.85. The number of carbonyl (C=O) groups excluding carboxylic acids is 1. The lowest BCUT2D eigenvalue weighted by Crippen LogP contribution is -2.27. The second-order valence-corrected chi connectivity index (χ2v) is 1.85. The van der Waals surface area contributed by atoms with Crippen LogP contribution < -0.4 is 5.11 Å². The van der Waals surface area contributed by atoms with Crippen molar-refractivity contribution < 1.29 is 14.6 Å². The van der Waals surface area contributed by atoms with Gasteiger partial charge < -0.3 is 14.6 Å². The summed E-state index contributed by atoms with van der Waals surface area (Å²) in [4.78, 5) is 10.0. The highest BCUT2D eigenvalue weighted by Crippen LogP contribution is 2.07. The average Bonchev–Trinajstić information content (AvgIpc) is 1.90. The number of aliphatic carboxylic acids is 1. The van der Waals surface area contributed by atoms with Gasteiger partial charge in [0.1, 0.15) is 11.7 Å². The Morgan fingerprint density at radius 1 is 1.78 bits per heavy atom. The van der Waals surface area contributed by atoms with Crippen molar-refractivity contribution in [3.05, 3.63) is 11.8 Å². The van der Waals surface area contributed by atoms with Crippen molar-refractivity contribution in [2.45, 2.75) is 12.8 Å². The van der Waals surface area contributed by atoms with Gasteiger partial charge in [-0.3, -0.25) is 0 Å². The van der Waals surface area contributed by atoms with Crippen molar-refractivity contribution in [2.75, 3.05) is 6.61 Å². The number of carboxylic acid groups (broad SMARTS) is 1. The van der Waals surface area contributed by atoms with Gasteiger partial charge in [-0.2, -0.15) is 0 Å². The monoisotopic (exact) mass is 127 g/mol. The maximum atomic E-state index is 10.0. The third kappa shape index (κ3) is 1.45. The van der Waals surface area contributed by atoms with Crippen LogP contribution in [0.2, 0.25) is 0 Å². The van der Waals surface area contributed by atoms with E-state index in [2.05, 4.69) is 0 Å². The lowest BCUT2D eigenvalue weighted by molar-refractivity contribution is -0.303. The predicted octanol–water partition coefficient (Wildman–Crippen LogP) is -0.569. The molecule has 0 amide bonds. The minimum atomic E-state index is -1.21. The van der Waals surface area contributed by atoms with Crippen molar-refractivity contribution in [2.24, 2.45) is 0 Å². The molecule has 1 aliphatic heterocycles. The molecule has 0 saturated heterocycles. The molecule has 1 rings (SSSR count). The Hall–Kier alpha value is -0.990. The molecule has 0 aliphatic carbocycles. The van der Waals surface area contributed by atoms with Gasteiger partial charge in [-0.25, -0.2) is 0 Å². The average molecular weight is 127 g/mol. The molecule has 0 aromatic carbocycles. The van der Waals surface area contributed by atoms with Crippen LogP contribution in [0, 0.1) is 0 Å². The highest BCUT2D eigenvalue weighted by atomic mass is 16.5. The Labute approximate surface area is 52.9 Å². The molecule has 9 heavy (non-hydrogen) atoms. The Morgan fingerprint density at radius 2 is 2.56 bits per heavy atom. The van der Waals surface area contributed by atoms with Crippen LogP contribution in [0.25, 0.3) is 0 Å². The predicted molar refractivity (Wildman–Crippen MR) is 28.3 cm³/mol. The van der Waals surface area contributed by atoms with E-state index in [4.69, 9.17) is 4.74 Å². The van der Waals surface area contributed by atoms with E-state index in [-0.39, 0.29) is 5.76 Å². The van der Waals surface area contributed by atoms with E-state index in [0.717, 1.165) is 12.8 Å². The summed E-state index contributed by atoms with van der Waals surface area (Å²) in [5.74, 6) is -1.23. The summed E-state index contributed by atoms with van der Waals surface area (Å²) in [5.41, 5.74) is 0. The van der Waals surface area contributed by atoms with Crippen LogP contribution in [-0.2, 0) is 9.53 Å². The van der Waals surface area contributed by atoms with E-state index in [9.17, 15) is 9.90 Å².